The van der Waals surface area contributed by atoms with Crippen LogP contribution in [0.15, 0.2) is 79.0 Å². The molecule has 3 aromatic carbocycles. The van der Waals surface area contributed by atoms with Crippen molar-refractivity contribution in [3.63, 3.8) is 0 Å². The summed E-state index contributed by atoms with van der Waals surface area (Å²) in [6.07, 6.45) is 3.90. The van der Waals surface area contributed by atoms with Gasteiger partial charge in [-0.05, 0) is 48.1 Å². The van der Waals surface area contributed by atoms with Crippen molar-refractivity contribution in [1.82, 2.24) is 19.4 Å². The molecule has 0 saturated carbocycles. The number of imidazole rings is 1. The predicted molar refractivity (Wildman–Crippen MR) is 158 cm³/mol. The number of benzene rings is 3. The molecule has 6 rings (SSSR count). The van der Waals surface area contributed by atoms with Gasteiger partial charge in [0.05, 0.1) is 13.2 Å². The Labute approximate surface area is 237 Å². The number of aromatic nitrogens is 2. The first-order valence-electron chi connectivity index (χ1n) is 14.4. The third-order valence-electron chi connectivity index (χ3n) is 8.57. The molecular formula is C34H38N4O2. The van der Waals surface area contributed by atoms with E-state index in [-0.39, 0.29) is 11.9 Å². The van der Waals surface area contributed by atoms with E-state index in [1.807, 2.05) is 11.1 Å². The number of ether oxygens (including phenoxy) is 1. The van der Waals surface area contributed by atoms with E-state index in [0.29, 0.717) is 24.7 Å². The summed E-state index contributed by atoms with van der Waals surface area (Å²) >= 11 is 0. The van der Waals surface area contributed by atoms with Gasteiger partial charge in [-0.3, -0.25) is 9.69 Å². The number of fused-ring (bicyclic) bond motifs is 1. The van der Waals surface area contributed by atoms with Crippen LogP contribution in [0, 0.1) is 13.8 Å². The van der Waals surface area contributed by atoms with Gasteiger partial charge in [-0.2, -0.15) is 0 Å². The Balaban J connectivity index is 1.14. The average molecular weight is 535 g/mol. The van der Waals surface area contributed by atoms with E-state index in [2.05, 4.69) is 96.1 Å². The van der Waals surface area contributed by atoms with Gasteiger partial charge in [-0.25, -0.2) is 4.98 Å². The third kappa shape index (κ3) is 5.16. The van der Waals surface area contributed by atoms with Crippen molar-refractivity contribution in [2.75, 3.05) is 33.3 Å². The lowest BCUT2D eigenvalue weighted by molar-refractivity contribution is 0.0592. The first-order valence-corrected chi connectivity index (χ1v) is 14.4. The quantitative estimate of drug-likeness (QED) is 0.314. The Hall–Kier alpha value is -3.90. The van der Waals surface area contributed by atoms with Gasteiger partial charge >= 0.3 is 0 Å². The molecule has 2 aliphatic rings. The van der Waals surface area contributed by atoms with E-state index in [1.165, 1.54) is 27.8 Å². The van der Waals surface area contributed by atoms with Crippen molar-refractivity contribution in [3.8, 4) is 5.75 Å². The van der Waals surface area contributed by atoms with E-state index in [4.69, 9.17) is 9.72 Å². The highest BCUT2D eigenvalue weighted by Crippen LogP contribution is 2.34. The summed E-state index contributed by atoms with van der Waals surface area (Å²) in [5.41, 5.74) is 6.83. The summed E-state index contributed by atoms with van der Waals surface area (Å²) in [5.74, 6) is 2.44. The number of carbonyl (C=O) groups is 1. The number of carbonyl (C=O) groups excluding carboxylic acids is 1. The molecule has 1 aromatic heterocycles. The zero-order valence-electron chi connectivity index (χ0n) is 23.7. The first-order chi connectivity index (χ1) is 19.5. The van der Waals surface area contributed by atoms with Crippen LogP contribution < -0.4 is 4.74 Å². The van der Waals surface area contributed by atoms with Gasteiger partial charge < -0.3 is 14.2 Å². The maximum atomic E-state index is 13.6. The highest BCUT2D eigenvalue weighted by atomic mass is 16.5. The Morgan fingerprint density at radius 1 is 0.900 bits per heavy atom. The molecule has 3 heterocycles. The minimum Gasteiger partial charge on any atom is -0.496 e. The van der Waals surface area contributed by atoms with Gasteiger partial charge in [0.1, 0.15) is 17.3 Å². The summed E-state index contributed by atoms with van der Waals surface area (Å²) in [6.45, 7) is 8.12. The number of amides is 1. The second-order valence-electron chi connectivity index (χ2n) is 11.2. The average Bonchev–Trinajstić information content (AvgIpc) is 3.42. The van der Waals surface area contributed by atoms with E-state index in [9.17, 15) is 4.79 Å². The fourth-order valence-electron chi connectivity index (χ4n) is 6.59. The Bertz CT molecular complexity index is 1410. The monoisotopic (exact) mass is 534 g/mol. The molecule has 206 valence electrons. The molecule has 0 N–H and O–H groups in total. The SMILES string of the molecule is COc1c(C)cc([C@H]2CCc3nc(C(=O)N4CCN(C(c5ccccc5)c5ccccc5)CC4)cn3C2)cc1C. The van der Waals surface area contributed by atoms with Crippen LogP contribution in [0.2, 0.25) is 0 Å². The van der Waals surface area contributed by atoms with Crippen molar-refractivity contribution in [3.05, 3.63) is 118 Å². The Kier molecular flexibility index (Phi) is 7.44. The molecule has 1 fully saturated rings. The van der Waals surface area contributed by atoms with E-state index in [0.717, 1.165) is 44.0 Å². The van der Waals surface area contributed by atoms with Gasteiger partial charge in [0.15, 0.2) is 0 Å². The second-order valence-corrected chi connectivity index (χ2v) is 11.2. The molecule has 0 unspecified atom stereocenters. The smallest absolute Gasteiger partial charge is 0.274 e. The largest absolute Gasteiger partial charge is 0.496 e. The maximum absolute atomic E-state index is 13.6. The minimum atomic E-state index is 0.0465. The van der Waals surface area contributed by atoms with Crippen molar-refractivity contribution < 1.29 is 9.53 Å². The molecule has 2 aliphatic heterocycles. The molecule has 6 heteroatoms. The van der Waals surface area contributed by atoms with Crippen LogP contribution in [0.3, 0.4) is 0 Å². The molecule has 40 heavy (non-hydrogen) atoms. The van der Waals surface area contributed by atoms with Gasteiger partial charge in [0, 0.05) is 51.3 Å². The molecule has 1 amide bonds. The lowest BCUT2D eigenvalue weighted by Gasteiger charge is -2.39. The molecule has 0 radical (unpaired) electrons. The second kappa shape index (κ2) is 11.3. The molecule has 0 spiro atoms. The fourth-order valence-corrected chi connectivity index (χ4v) is 6.59. The van der Waals surface area contributed by atoms with Gasteiger partial charge in [-0.1, -0.05) is 72.8 Å². The molecular weight excluding hydrogens is 496 g/mol. The number of methoxy groups -OCH3 is 1. The predicted octanol–water partition coefficient (Wildman–Crippen LogP) is 5.79. The van der Waals surface area contributed by atoms with Crippen molar-refractivity contribution >= 4 is 5.91 Å². The van der Waals surface area contributed by atoms with Crippen LogP contribution in [-0.4, -0.2) is 58.5 Å². The summed E-state index contributed by atoms with van der Waals surface area (Å²) < 4.78 is 7.77. The van der Waals surface area contributed by atoms with Crippen molar-refractivity contribution in [1.29, 1.82) is 0 Å². The lowest BCUT2D eigenvalue weighted by Crippen LogP contribution is -2.50. The van der Waals surface area contributed by atoms with Gasteiger partial charge in [-0.15, -0.1) is 0 Å². The highest BCUT2D eigenvalue weighted by Gasteiger charge is 2.31. The van der Waals surface area contributed by atoms with E-state index >= 15 is 0 Å². The zero-order chi connectivity index (χ0) is 27.6. The van der Waals surface area contributed by atoms with Crippen LogP contribution in [-0.2, 0) is 13.0 Å². The fraction of sp³-hybridized carbons (Fsp3) is 0.353. The zero-order valence-corrected chi connectivity index (χ0v) is 23.7. The van der Waals surface area contributed by atoms with Crippen LogP contribution in [0.1, 0.15) is 62.5 Å². The van der Waals surface area contributed by atoms with Gasteiger partial charge in [0.25, 0.3) is 5.91 Å². The van der Waals surface area contributed by atoms with E-state index in [1.54, 1.807) is 7.11 Å². The van der Waals surface area contributed by atoms with Crippen LogP contribution >= 0.6 is 0 Å². The molecule has 6 nitrogen and oxygen atoms in total. The first kappa shape index (κ1) is 26.3. The normalized spacial score (nSPS) is 17.6. The van der Waals surface area contributed by atoms with Crippen LogP contribution in [0.5, 0.6) is 5.75 Å². The summed E-state index contributed by atoms with van der Waals surface area (Å²) in [4.78, 5) is 22.8. The van der Waals surface area contributed by atoms with E-state index < -0.39 is 0 Å². The molecule has 0 aliphatic carbocycles. The van der Waals surface area contributed by atoms with Crippen LogP contribution in [0.4, 0.5) is 0 Å². The van der Waals surface area contributed by atoms with Crippen molar-refractivity contribution in [2.24, 2.45) is 0 Å². The van der Waals surface area contributed by atoms with Crippen molar-refractivity contribution in [2.45, 2.75) is 45.2 Å². The number of piperazine rings is 1. The standard InChI is InChI=1S/C34H38N4O2/c1-24-20-29(21-25(2)33(24)40-3)28-14-15-31-35-30(23-38(31)22-28)34(39)37-18-16-36(17-19-37)32(26-10-6-4-7-11-26)27-12-8-5-9-13-27/h4-13,20-21,23,28,32H,14-19,22H2,1-3H3/t28-/m0/s1. The summed E-state index contributed by atoms with van der Waals surface area (Å²) in [6, 6.07) is 26.0. The number of nitrogens with zero attached hydrogens (tertiary/aromatic N) is 4. The number of aryl methyl sites for hydroxylation is 3. The lowest BCUT2D eigenvalue weighted by atomic mass is 9.89. The van der Waals surface area contributed by atoms with Crippen LogP contribution in [0.25, 0.3) is 0 Å². The maximum Gasteiger partial charge on any atom is 0.274 e. The topological polar surface area (TPSA) is 50.6 Å². The third-order valence-corrected chi connectivity index (χ3v) is 8.57. The highest BCUT2D eigenvalue weighted by molar-refractivity contribution is 5.92. The summed E-state index contributed by atoms with van der Waals surface area (Å²) in [7, 11) is 1.73. The number of hydrogen-bond donors (Lipinski definition) is 0. The van der Waals surface area contributed by atoms with Gasteiger partial charge in [0.2, 0.25) is 0 Å². The Morgan fingerprint density at radius 2 is 1.50 bits per heavy atom. The number of rotatable bonds is 6. The molecule has 0 bridgehead atoms. The molecule has 1 saturated heterocycles. The minimum absolute atomic E-state index is 0.0465. The molecule has 1 atom stereocenters. The summed E-state index contributed by atoms with van der Waals surface area (Å²) in [5, 5.41) is 0. The molecule has 4 aromatic rings. The Morgan fingerprint density at radius 3 is 2.08 bits per heavy atom. The number of hydrogen-bond acceptors (Lipinski definition) is 4.